The number of ether oxygens (including phenoxy) is 1. The third-order valence-corrected chi connectivity index (χ3v) is 3.24. The molecule has 5 nitrogen and oxygen atoms in total. The number of aromatic nitrogens is 1. The molecule has 1 atom stereocenters. The lowest BCUT2D eigenvalue weighted by Gasteiger charge is -2.21. The summed E-state index contributed by atoms with van der Waals surface area (Å²) < 4.78 is 4.68. The van der Waals surface area contributed by atoms with Crippen molar-refractivity contribution in [1.82, 2.24) is 10.3 Å². The number of benzene rings is 1. The van der Waals surface area contributed by atoms with Crippen molar-refractivity contribution in [3.8, 4) is 0 Å². The maximum atomic E-state index is 11.9. The van der Waals surface area contributed by atoms with E-state index in [4.69, 9.17) is 0 Å². The van der Waals surface area contributed by atoms with Crippen LogP contribution in [0.2, 0.25) is 0 Å². The molecule has 0 radical (unpaired) electrons. The molecule has 2 aromatic rings. The van der Waals surface area contributed by atoms with Crippen molar-refractivity contribution in [2.75, 3.05) is 7.11 Å². The predicted octanol–water partition coefficient (Wildman–Crippen LogP) is 0.995. The lowest BCUT2D eigenvalue weighted by molar-refractivity contribution is -0.142. The molecule has 0 fully saturated rings. The molecule has 1 aromatic heterocycles. The Bertz CT molecular complexity index is 645. The first kappa shape index (κ1) is 10.8. The van der Waals surface area contributed by atoms with Crippen LogP contribution in [0.25, 0.3) is 10.9 Å². The molecule has 18 heavy (non-hydrogen) atoms. The molecule has 3 rings (SSSR count). The van der Waals surface area contributed by atoms with Gasteiger partial charge in [0.25, 0.3) is 5.91 Å². The van der Waals surface area contributed by atoms with Crippen LogP contribution >= 0.6 is 0 Å². The standard InChI is InChI=1S/C13H12N2O3/c1-18-13(17)10-6-8-7-4-2-3-5-9(7)14-11(8)12(16)15-10/h2-5,10,14H,6H2,1H3,(H,15,16)/t10-/m0/s1. The zero-order valence-corrected chi connectivity index (χ0v) is 9.82. The molecule has 0 spiro atoms. The zero-order valence-electron chi connectivity index (χ0n) is 9.82. The first-order chi connectivity index (χ1) is 8.70. The van der Waals surface area contributed by atoms with Crippen LogP contribution in [0.4, 0.5) is 0 Å². The summed E-state index contributed by atoms with van der Waals surface area (Å²) in [7, 11) is 1.32. The van der Waals surface area contributed by atoms with Crippen molar-refractivity contribution >= 4 is 22.8 Å². The molecule has 1 aliphatic rings. The Kier molecular flexibility index (Phi) is 2.33. The van der Waals surface area contributed by atoms with Crippen LogP contribution in [0.1, 0.15) is 16.1 Å². The fourth-order valence-corrected chi connectivity index (χ4v) is 2.38. The third-order valence-electron chi connectivity index (χ3n) is 3.24. The van der Waals surface area contributed by atoms with Gasteiger partial charge >= 0.3 is 5.97 Å². The van der Waals surface area contributed by atoms with E-state index in [2.05, 4.69) is 15.0 Å². The van der Waals surface area contributed by atoms with Gasteiger partial charge in [-0.2, -0.15) is 0 Å². The number of esters is 1. The number of para-hydroxylation sites is 1. The number of H-pyrrole nitrogens is 1. The molecular formula is C13H12N2O3. The molecule has 2 heterocycles. The normalized spacial score (nSPS) is 18.3. The minimum atomic E-state index is -0.603. The van der Waals surface area contributed by atoms with Crippen molar-refractivity contribution in [2.45, 2.75) is 12.5 Å². The number of hydrogen-bond acceptors (Lipinski definition) is 3. The van der Waals surface area contributed by atoms with Crippen molar-refractivity contribution in [2.24, 2.45) is 0 Å². The number of amides is 1. The maximum Gasteiger partial charge on any atom is 0.328 e. The summed E-state index contributed by atoms with van der Waals surface area (Å²) in [5.41, 5.74) is 2.32. The molecule has 1 amide bonds. The van der Waals surface area contributed by atoms with Crippen molar-refractivity contribution in [3.05, 3.63) is 35.5 Å². The highest BCUT2D eigenvalue weighted by Gasteiger charge is 2.32. The average Bonchev–Trinajstić information content (AvgIpc) is 2.77. The fourth-order valence-electron chi connectivity index (χ4n) is 2.38. The summed E-state index contributed by atoms with van der Waals surface area (Å²) in [5.74, 6) is -0.679. The minimum absolute atomic E-state index is 0.261. The highest BCUT2D eigenvalue weighted by atomic mass is 16.5. The lowest BCUT2D eigenvalue weighted by atomic mass is 9.98. The Labute approximate surface area is 103 Å². The Morgan fingerprint density at radius 2 is 2.17 bits per heavy atom. The van der Waals surface area contributed by atoms with E-state index in [0.717, 1.165) is 16.5 Å². The molecule has 5 heteroatoms. The summed E-state index contributed by atoms with van der Waals surface area (Å²) in [6, 6.07) is 7.07. The number of fused-ring (bicyclic) bond motifs is 3. The second kappa shape index (κ2) is 3.87. The first-order valence-electron chi connectivity index (χ1n) is 5.69. The third kappa shape index (κ3) is 1.48. The smallest absolute Gasteiger partial charge is 0.328 e. The van der Waals surface area contributed by atoms with Crippen LogP contribution in [-0.4, -0.2) is 30.0 Å². The minimum Gasteiger partial charge on any atom is -0.467 e. The largest absolute Gasteiger partial charge is 0.467 e. The zero-order chi connectivity index (χ0) is 12.7. The van der Waals surface area contributed by atoms with Crippen LogP contribution in [0.5, 0.6) is 0 Å². The highest BCUT2D eigenvalue weighted by molar-refractivity contribution is 6.04. The molecule has 1 aliphatic heterocycles. The van der Waals surface area contributed by atoms with Gasteiger partial charge in [0.1, 0.15) is 11.7 Å². The van der Waals surface area contributed by atoms with Gasteiger partial charge in [0.05, 0.1) is 7.11 Å². The van der Waals surface area contributed by atoms with Gasteiger partial charge in [0, 0.05) is 17.3 Å². The SMILES string of the molecule is COC(=O)[C@@H]1Cc2c([nH]c3ccccc23)C(=O)N1. The second-order valence-electron chi connectivity index (χ2n) is 4.28. The first-order valence-corrected chi connectivity index (χ1v) is 5.69. The monoisotopic (exact) mass is 244 g/mol. The molecule has 92 valence electrons. The molecule has 0 saturated carbocycles. The van der Waals surface area contributed by atoms with Crippen LogP contribution in [-0.2, 0) is 16.0 Å². The molecule has 0 bridgehead atoms. The lowest BCUT2D eigenvalue weighted by Crippen LogP contribution is -2.46. The maximum absolute atomic E-state index is 11.9. The molecule has 0 aliphatic carbocycles. The summed E-state index contributed by atoms with van der Waals surface area (Å²) >= 11 is 0. The predicted molar refractivity (Wildman–Crippen MR) is 65.3 cm³/mol. The summed E-state index contributed by atoms with van der Waals surface area (Å²) in [5, 5.41) is 3.62. The van der Waals surface area contributed by atoms with Crippen LogP contribution in [0.15, 0.2) is 24.3 Å². The van der Waals surface area contributed by atoms with Gasteiger partial charge in [-0.05, 0) is 11.6 Å². The van der Waals surface area contributed by atoms with Crippen LogP contribution < -0.4 is 5.32 Å². The second-order valence-corrected chi connectivity index (χ2v) is 4.28. The van der Waals surface area contributed by atoms with E-state index in [0.29, 0.717) is 12.1 Å². The van der Waals surface area contributed by atoms with Crippen LogP contribution in [0, 0.1) is 0 Å². The number of rotatable bonds is 1. The summed E-state index contributed by atoms with van der Waals surface area (Å²) in [6.45, 7) is 0. The van der Waals surface area contributed by atoms with E-state index >= 15 is 0 Å². The van der Waals surface area contributed by atoms with E-state index in [9.17, 15) is 9.59 Å². The van der Waals surface area contributed by atoms with E-state index < -0.39 is 12.0 Å². The Morgan fingerprint density at radius 3 is 2.94 bits per heavy atom. The van der Waals surface area contributed by atoms with E-state index in [1.165, 1.54) is 7.11 Å². The van der Waals surface area contributed by atoms with Gasteiger partial charge in [0.2, 0.25) is 0 Å². The Hall–Kier alpha value is -2.30. The van der Waals surface area contributed by atoms with Crippen molar-refractivity contribution in [1.29, 1.82) is 0 Å². The Balaban J connectivity index is 2.12. The van der Waals surface area contributed by atoms with Crippen LogP contribution in [0.3, 0.4) is 0 Å². The van der Waals surface area contributed by atoms with Crippen molar-refractivity contribution in [3.63, 3.8) is 0 Å². The summed E-state index contributed by atoms with van der Waals surface area (Å²) in [4.78, 5) is 26.5. The van der Waals surface area contributed by atoms with E-state index in [1.807, 2.05) is 24.3 Å². The molecule has 0 saturated heterocycles. The van der Waals surface area contributed by atoms with Gasteiger partial charge in [-0.15, -0.1) is 0 Å². The molecular weight excluding hydrogens is 232 g/mol. The molecule has 1 aromatic carbocycles. The summed E-state index contributed by atoms with van der Waals surface area (Å²) in [6.07, 6.45) is 0.456. The highest BCUT2D eigenvalue weighted by Crippen LogP contribution is 2.26. The Morgan fingerprint density at radius 1 is 1.39 bits per heavy atom. The topological polar surface area (TPSA) is 71.2 Å². The number of methoxy groups -OCH3 is 1. The van der Waals surface area contributed by atoms with Gasteiger partial charge in [-0.1, -0.05) is 18.2 Å². The fraction of sp³-hybridized carbons (Fsp3) is 0.231. The van der Waals surface area contributed by atoms with Gasteiger partial charge < -0.3 is 15.0 Å². The van der Waals surface area contributed by atoms with E-state index in [-0.39, 0.29) is 5.91 Å². The number of carbonyl (C=O) groups excluding carboxylic acids is 2. The van der Waals surface area contributed by atoms with E-state index in [1.54, 1.807) is 0 Å². The quantitative estimate of drug-likeness (QED) is 0.735. The number of hydrogen-bond donors (Lipinski definition) is 2. The van der Waals surface area contributed by atoms with Crippen molar-refractivity contribution < 1.29 is 14.3 Å². The number of aromatic amines is 1. The van der Waals surface area contributed by atoms with Gasteiger partial charge in [-0.3, -0.25) is 4.79 Å². The number of carbonyl (C=O) groups is 2. The molecule has 0 unspecified atom stereocenters. The average molecular weight is 244 g/mol. The van der Waals surface area contributed by atoms with Gasteiger partial charge in [0.15, 0.2) is 0 Å². The number of nitrogens with one attached hydrogen (secondary N) is 2. The molecule has 2 N–H and O–H groups in total. The van der Waals surface area contributed by atoms with Gasteiger partial charge in [-0.25, -0.2) is 4.79 Å².